The molecule has 3 N–H and O–H groups in total. The molecule has 27 heavy (non-hydrogen) atoms. The Hall–Kier alpha value is -2.83. The molecule has 7 nitrogen and oxygen atoms in total. The van der Waals surface area contributed by atoms with Crippen LogP contribution in [0, 0.1) is 13.8 Å². The van der Waals surface area contributed by atoms with Gasteiger partial charge in [0.25, 0.3) is 5.91 Å². The first-order valence-electron chi connectivity index (χ1n) is 9.36. The summed E-state index contributed by atoms with van der Waals surface area (Å²) in [5.74, 6) is -0.687. The zero-order valence-electron chi connectivity index (χ0n) is 16.2. The fourth-order valence-corrected chi connectivity index (χ4v) is 3.69. The van der Waals surface area contributed by atoms with Crippen LogP contribution in [0.15, 0.2) is 24.3 Å². The Morgan fingerprint density at radius 1 is 1.26 bits per heavy atom. The summed E-state index contributed by atoms with van der Waals surface area (Å²) in [7, 11) is 0. The summed E-state index contributed by atoms with van der Waals surface area (Å²) in [6.45, 7) is 6.99. The lowest BCUT2D eigenvalue weighted by Crippen LogP contribution is -2.38. The highest BCUT2D eigenvalue weighted by Crippen LogP contribution is 2.29. The van der Waals surface area contributed by atoms with Crippen LogP contribution in [0.3, 0.4) is 0 Å². The third-order valence-corrected chi connectivity index (χ3v) is 5.05. The fourth-order valence-electron chi connectivity index (χ4n) is 3.69. The largest absolute Gasteiger partial charge is 0.368 e. The summed E-state index contributed by atoms with van der Waals surface area (Å²) >= 11 is 0. The maximum atomic E-state index is 12.4. The van der Waals surface area contributed by atoms with Gasteiger partial charge in [-0.1, -0.05) is 0 Å². The van der Waals surface area contributed by atoms with Gasteiger partial charge in [0, 0.05) is 29.7 Å². The number of rotatable bonds is 5. The summed E-state index contributed by atoms with van der Waals surface area (Å²) in [6, 6.07) is 7.65. The molecule has 0 spiro atoms. The monoisotopic (exact) mass is 369 g/mol. The predicted octanol–water partition coefficient (Wildman–Crippen LogP) is 2.62. The highest BCUT2D eigenvalue weighted by molar-refractivity contribution is 6.01. The van der Waals surface area contributed by atoms with Crippen molar-refractivity contribution in [3.05, 3.63) is 41.2 Å². The summed E-state index contributed by atoms with van der Waals surface area (Å²) < 4.78 is 1.66. The van der Waals surface area contributed by atoms with Gasteiger partial charge in [0.05, 0.1) is 11.3 Å². The zero-order chi connectivity index (χ0) is 19.6. The first-order valence-corrected chi connectivity index (χ1v) is 9.36. The highest BCUT2D eigenvalue weighted by Gasteiger charge is 2.23. The molecule has 0 aliphatic carbocycles. The molecule has 7 heteroatoms. The first kappa shape index (κ1) is 18.9. The Balaban J connectivity index is 1.78. The molecule has 1 aromatic heterocycles. The first-order chi connectivity index (χ1) is 12.8. The molecule has 1 atom stereocenters. The molecule has 2 amide bonds. The van der Waals surface area contributed by atoms with Crippen molar-refractivity contribution in [1.29, 1.82) is 0 Å². The topological polar surface area (TPSA) is 93.3 Å². The molecule has 144 valence electrons. The van der Waals surface area contributed by atoms with E-state index < -0.39 is 5.91 Å². The van der Waals surface area contributed by atoms with Gasteiger partial charge in [-0.05, 0) is 64.3 Å². The van der Waals surface area contributed by atoms with E-state index in [9.17, 15) is 9.59 Å². The van der Waals surface area contributed by atoms with E-state index in [-0.39, 0.29) is 12.5 Å². The van der Waals surface area contributed by atoms with Crippen LogP contribution < -0.4 is 16.0 Å². The van der Waals surface area contributed by atoms with Crippen LogP contribution in [-0.4, -0.2) is 34.2 Å². The highest BCUT2D eigenvalue weighted by atomic mass is 16.2. The molecular formula is C20H27N5O2. The minimum absolute atomic E-state index is 0.122. The smallest absolute Gasteiger partial charge is 0.250 e. The van der Waals surface area contributed by atoms with Crippen LogP contribution in [0.1, 0.15) is 47.9 Å². The number of carbonyl (C=O) groups excluding carboxylic acids is 2. The van der Waals surface area contributed by atoms with Gasteiger partial charge in [0.15, 0.2) is 0 Å². The third kappa shape index (κ3) is 4.30. The van der Waals surface area contributed by atoms with Crippen LogP contribution in [0.4, 0.5) is 11.4 Å². The van der Waals surface area contributed by atoms with Crippen molar-refractivity contribution < 1.29 is 9.59 Å². The molecule has 1 aliphatic heterocycles. The van der Waals surface area contributed by atoms with Crippen LogP contribution in [0.5, 0.6) is 0 Å². The Kier molecular flexibility index (Phi) is 5.48. The number of anilines is 2. The van der Waals surface area contributed by atoms with Crippen molar-refractivity contribution in [1.82, 2.24) is 9.78 Å². The summed E-state index contributed by atoms with van der Waals surface area (Å²) in [5, 5.41) is 7.13. The second-order valence-electron chi connectivity index (χ2n) is 7.27. The minimum atomic E-state index is -0.489. The van der Waals surface area contributed by atoms with E-state index >= 15 is 0 Å². The van der Waals surface area contributed by atoms with Crippen LogP contribution in [-0.2, 0) is 11.3 Å². The van der Waals surface area contributed by atoms with Gasteiger partial charge in [0.1, 0.15) is 6.54 Å². The van der Waals surface area contributed by atoms with Crippen molar-refractivity contribution in [2.75, 3.05) is 16.8 Å². The van der Waals surface area contributed by atoms with Crippen molar-refractivity contribution in [2.45, 2.75) is 52.6 Å². The molecule has 1 aromatic carbocycles. The number of aryl methyl sites for hydroxylation is 2. The fraction of sp³-hybridized carbons (Fsp3) is 0.450. The number of piperidine rings is 1. The number of benzene rings is 1. The number of carbonyl (C=O) groups is 2. The van der Waals surface area contributed by atoms with Crippen molar-refractivity contribution in [2.24, 2.45) is 5.73 Å². The van der Waals surface area contributed by atoms with E-state index in [1.807, 2.05) is 32.0 Å². The lowest BCUT2D eigenvalue weighted by Gasteiger charge is -2.36. The molecule has 2 heterocycles. The lowest BCUT2D eigenvalue weighted by molar-refractivity contribution is -0.116. The van der Waals surface area contributed by atoms with Gasteiger partial charge < -0.3 is 16.0 Å². The van der Waals surface area contributed by atoms with E-state index in [0.717, 1.165) is 36.5 Å². The average molecular weight is 369 g/mol. The number of hydrogen-bond acceptors (Lipinski definition) is 4. The summed E-state index contributed by atoms with van der Waals surface area (Å²) in [4.78, 5) is 26.6. The Bertz CT molecular complexity index is 858. The van der Waals surface area contributed by atoms with Gasteiger partial charge in [-0.25, -0.2) is 0 Å². The van der Waals surface area contributed by atoms with Crippen LogP contribution in [0.2, 0.25) is 0 Å². The number of aromatic nitrogens is 2. The van der Waals surface area contributed by atoms with Crippen molar-refractivity contribution >= 4 is 23.2 Å². The number of nitrogens with one attached hydrogen (secondary N) is 1. The maximum absolute atomic E-state index is 12.4. The van der Waals surface area contributed by atoms with E-state index in [2.05, 4.69) is 22.2 Å². The SMILES string of the molecule is Cc1cc(C)n(CC(=O)Nc2ccc(N3CCCCC3C)c(C(N)=O)c2)n1. The molecule has 0 radical (unpaired) electrons. The second kappa shape index (κ2) is 7.82. The van der Waals surface area contributed by atoms with E-state index in [0.29, 0.717) is 17.3 Å². The third-order valence-electron chi connectivity index (χ3n) is 5.05. The van der Waals surface area contributed by atoms with Gasteiger partial charge in [-0.15, -0.1) is 0 Å². The molecule has 1 fully saturated rings. The quantitative estimate of drug-likeness (QED) is 0.847. The predicted molar refractivity (Wildman–Crippen MR) is 106 cm³/mol. The molecule has 1 saturated heterocycles. The van der Waals surface area contributed by atoms with Gasteiger partial charge in [-0.2, -0.15) is 5.10 Å². The number of hydrogen-bond donors (Lipinski definition) is 2. The number of nitrogens with zero attached hydrogens (tertiary/aromatic N) is 3. The molecule has 0 bridgehead atoms. The van der Waals surface area contributed by atoms with Gasteiger partial charge in [-0.3, -0.25) is 14.3 Å². The van der Waals surface area contributed by atoms with Crippen LogP contribution >= 0.6 is 0 Å². The maximum Gasteiger partial charge on any atom is 0.250 e. The molecule has 1 unspecified atom stereocenters. The standard InChI is InChI=1S/C20H27N5O2/c1-13-10-15(3)25(23-13)12-19(26)22-16-7-8-18(17(11-16)20(21)27)24-9-5-4-6-14(24)2/h7-8,10-11,14H,4-6,9,12H2,1-3H3,(H2,21,27)(H,22,26). The van der Waals surface area contributed by atoms with Gasteiger partial charge in [0.2, 0.25) is 5.91 Å². The molecular weight excluding hydrogens is 342 g/mol. The second-order valence-corrected chi connectivity index (χ2v) is 7.27. The summed E-state index contributed by atoms with van der Waals surface area (Å²) in [6.07, 6.45) is 3.40. The van der Waals surface area contributed by atoms with E-state index in [4.69, 9.17) is 5.73 Å². The van der Waals surface area contributed by atoms with Crippen molar-refractivity contribution in [3.63, 3.8) is 0 Å². The van der Waals surface area contributed by atoms with Gasteiger partial charge >= 0.3 is 0 Å². The normalized spacial score (nSPS) is 17.0. The molecule has 3 rings (SSSR count). The lowest BCUT2D eigenvalue weighted by atomic mass is 10.0. The number of amides is 2. The molecule has 2 aromatic rings. The average Bonchev–Trinajstić information content (AvgIpc) is 2.92. The Labute approximate surface area is 159 Å². The summed E-state index contributed by atoms with van der Waals surface area (Å²) in [5.41, 5.74) is 9.25. The molecule has 1 aliphatic rings. The van der Waals surface area contributed by atoms with E-state index in [1.54, 1.807) is 10.7 Å². The van der Waals surface area contributed by atoms with Crippen molar-refractivity contribution in [3.8, 4) is 0 Å². The zero-order valence-corrected chi connectivity index (χ0v) is 16.2. The molecule has 0 saturated carbocycles. The number of primary amides is 1. The van der Waals surface area contributed by atoms with E-state index in [1.165, 1.54) is 6.42 Å². The Morgan fingerprint density at radius 2 is 2.04 bits per heavy atom. The Morgan fingerprint density at radius 3 is 2.67 bits per heavy atom. The number of nitrogens with two attached hydrogens (primary N) is 1. The van der Waals surface area contributed by atoms with Crippen LogP contribution in [0.25, 0.3) is 0 Å². The minimum Gasteiger partial charge on any atom is -0.368 e.